The van der Waals surface area contributed by atoms with Crippen LogP contribution in [0.5, 0.6) is 0 Å². The lowest BCUT2D eigenvalue weighted by Gasteiger charge is -2.36. The van der Waals surface area contributed by atoms with E-state index in [1.807, 2.05) is 0 Å². The molecule has 254 valence electrons. The molecule has 0 aromatic rings. The van der Waals surface area contributed by atoms with E-state index in [1.165, 1.54) is 154 Å². The summed E-state index contributed by atoms with van der Waals surface area (Å²) in [5, 5.41) is 1.15. The van der Waals surface area contributed by atoms with E-state index in [0.717, 1.165) is 5.40 Å². The average molecular weight is 627 g/mol. The summed E-state index contributed by atoms with van der Waals surface area (Å²) >= 11 is 0. The van der Waals surface area contributed by atoms with E-state index in [2.05, 4.69) is 34.6 Å². The van der Waals surface area contributed by atoms with Crippen molar-refractivity contribution in [1.29, 1.82) is 0 Å². The third-order valence-electron chi connectivity index (χ3n) is 9.60. The summed E-state index contributed by atoms with van der Waals surface area (Å²) < 4.78 is 0. The van der Waals surface area contributed by atoms with E-state index < -0.39 is 0 Å². The Labute approximate surface area is 272 Å². The molecule has 0 radical (unpaired) electrons. The Balaban J connectivity index is 5.47. The molecule has 0 amide bonds. The first-order valence-corrected chi connectivity index (χ1v) is 23.8. The molecule has 0 aliphatic heterocycles. The maximum atomic E-state index is 2.38. The minimum atomic E-state index is 0.232. The third kappa shape index (κ3) is 28.3. The summed E-state index contributed by atoms with van der Waals surface area (Å²) in [5.41, 5.74) is 0. The van der Waals surface area contributed by atoms with Crippen LogP contribution < -0.4 is 0 Å². The first kappa shape index (κ1) is 42.9. The molecule has 0 heterocycles. The molecule has 0 aromatic heterocycles. The van der Waals surface area contributed by atoms with Crippen molar-refractivity contribution in [2.24, 2.45) is 0 Å². The predicted molar refractivity (Wildman–Crippen MR) is 204 cm³/mol. The van der Waals surface area contributed by atoms with Gasteiger partial charge in [-0.15, -0.1) is 0 Å². The first-order chi connectivity index (χ1) is 20.7. The fourth-order valence-corrected chi connectivity index (χ4v) is 15.2. The van der Waals surface area contributed by atoms with Gasteiger partial charge in [-0.3, -0.25) is 0 Å². The maximum Gasteiger partial charge on any atom is -0.000583 e. The largest absolute Gasteiger partial charge is 0.0991 e. The van der Waals surface area contributed by atoms with Gasteiger partial charge in [0.25, 0.3) is 0 Å². The van der Waals surface area contributed by atoms with Gasteiger partial charge in [-0.25, -0.2) is 0 Å². The van der Waals surface area contributed by atoms with Gasteiger partial charge < -0.3 is 0 Å². The van der Waals surface area contributed by atoms with Crippen LogP contribution in [0.4, 0.5) is 0 Å². The van der Waals surface area contributed by atoms with Crippen molar-refractivity contribution in [2.45, 2.75) is 233 Å². The van der Waals surface area contributed by atoms with Gasteiger partial charge in [0.1, 0.15) is 0 Å². The molecule has 0 saturated carbocycles. The number of rotatable bonds is 36. The summed E-state index contributed by atoms with van der Waals surface area (Å²) in [6.07, 6.45) is 51.0. The highest BCUT2D eigenvalue weighted by Gasteiger charge is 2.27. The van der Waals surface area contributed by atoms with Crippen molar-refractivity contribution in [3.05, 3.63) is 0 Å². The van der Waals surface area contributed by atoms with Gasteiger partial charge in [0.05, 0.1) is 0 Å². The molecule has 0 rings (SSSR count). The lowest BCUT2D eigenvalue weighted by molar-refractivity contribution is 0.610. The quantitative estimate of drug-likeness (QED) is 0.0479. The van der Waals surface area contributed by atoms with Crippen molar-refractivity contribution < 1.29 is 0 Å². The third-order valence-corrected chi connectivity index (χ3v) is 17.3. The Bertz CT molecular complexity index is 410. The van der Waals surface area contributed by atoms with E-state index in [1.54, 1.807) is 63.2 Å². The Morgan fingerprint density at radius 3 is 0.738 bits per heavy atom. The zero-order chi connectivity index (χ0) is 30.8. The lowest BCUT2D eigenvalue weighted by atomic mass is 10.1. The van der Waals surface area contributed by atoms with Gasteiger partial charge in [-0.05, 0) is 62.2 Å². The van der Waals surface area contributed by atoms with Crippen LogP contribution in [0.3, 0.4) is 0 Å². The van der Waals surface area contributed by atoms with Crippen LogP contribution in [-0.4, -0.2) is 30.0 Å². The van der Waals surface area contributed by atoms with E-state index >= 15 is 0 Å². The van der Waals surface area contributed by atoms with Gasteiger partial charge >= 0.3 is 0 Å². The van der Waals surface area contributed by atoms with Crippen LogP contribution in [0.25, 0.3) is 0 Å². The number of hydrogen-bond acceptors (Lipinski definition) is 0. The fourth-order valence-electron chi connectivity index (χ4n) is 6.73. The van der Waals surface area contributed by atoms with Crippen LogP contribution in [0.15, 0.2) is 0 Å². The van der Waals surface area contributed by atoms with Gasteiger partial charge in [0, 0.05) is 0 Å². The predicted octanol–water partition coefficient (Wildman–Crippen LogP) is 16.1. The minimum absolute atomic E-state index is 0.232. The monoisotopic (exact) mass is 627 g/mol. The van der Waals surface area contributed by atoms with E-state index in [-0.39, 0.29) is 15.8 Å². The average Bonchev–Trinajstić information content (AvgIpc) is 3.00. The molecule has 0 aromatic carbocycles. The lowest BCUT2D eigenvalue weighted by Crippen LogP contribution is -2.13. The SMILES string of the molecule is CCCCCCCCP(CCCCCCCC)C(CCCCCCC)P(CCCCCCCC)CCCCCCCC. The molecule has 0 unspecified atom stereocenters. The summed E-state index contributed by atoms with van der Waals surface area (Å²) in [6.45, 7) is 11.8. The fraction of sp³-hybridized carbons (Fsp3) is 1.00. The normalized spacial score (nSPS) is 12.0. The van der Waals surface area contributed by atoms with Crippen molar-refractivity contribution in [3.63, 3.8) is 0 Å². The summed E-state index contributed by atoms with van der Waals surface area (Å²) in [6, 6.07) is 0. The van der Waals surface area contributed by atoms with Crippen LogP contribution >= 0.6 is 15.8 Å². The van der Waals surface area contributed by atoms with Gasteiger partial charge in [0.15, 0.2) is 0 Å². The molecule has 0 atom stereocenters. The van der Waals surface area contributed by atoms with Crippen LogP contribution in [0.2, 0.25) is 0 Å². The molecule has 0 saturated heterocycles. The molecule has 0 spiro atoms. The summed E-state index contributed by atoms with van der Waals surface area (Å²) in [5.74, 6) is 0. The second-order valence-electron chi connectivity index (χ2n) is 13.8. The maximum absolute atomic E-state index is 2.38. The molecule has 0 fully saturated rings. The Kier molecular flexibility index (Phi) is 37.1. The van der Waals surface area contributed by atoms with Gasteiger partial charge in [-0.1, -0.05) is 211 Å². The van der Waals surface area contributed by atoms with Crippen LogP contribution in [-0.2, 0) is 0 Å². The van der Waals surface area contributed by atoms with Crippen molar-refractivity contribution in [3.8, 4) is 0 Å². The molecular formula is C40H84P2. The molecule has 2 heteroatoms. The van der Waals surface area contributed by atoms with Crippen molar-refractivity contribution in [2.75, 3.05) is 24.6 Å². The number of unbranched alkanes of at least 4 members (excludes halogenated alkanes) is 24. The molecule has 0 aliphatic carbocycles. The standard InChI is InChI=1S/C40H84P2/c1-6-11-16-21-26-31-36-41(37-32-27-22-17-12-7-2)40(35-30-25-20-15-10-5)42(38-33-28-23-18-13-8-3)39-34-29-24-19-14-9-4/h40H,6-39H2,1-5H3. The van der Waals surface area contributed by atoms with E-state index in [0.29, 0.717) is 0 Å². The molecule has 0 N–H and O–H groups in total. The highest BCUT2D eigenvalue weighted by Crippen LogP contribution is 2.61. The topological polar surface area (TPSA) is 0 Å². The molecule has 42 heavy (non-hydrogen) atoms. The number of hydrogen-bond donors (Lipinski definition) is 0. The van der Waals surface area contributed by atoms with Gasteiger partial charge in [0.2, 0.25) is 0 Å². The molecule has 0 aliphatic rings. The summed E-state index contributed by atoms with van der Waals surface area (Å²) in [7, 11) is 0.463. The van der Waals surface area contributed by atoms with Gasteiger partial charge in [-0.2, -0.15) is 0 Å². The Hall–Kier alpha value is 0.860. The second-order valence-corrected chi connectivity index (χ2v) is 19.6. The van der Waals surface area contributed by atoms with E-state index in [9.17, 15) is 0 Å². The van der Waals surface area contributed by atoms with Crippen molar-refractivity contribution in [1.82, 2.24) is 0 Å². The van der Waals surface area contributed by atoms with Crippen molar-refractivity contribution >= 4 is 15.8 Å². The zero-order valence-electron chi connectivity index (χ0n) is 30.5. The minimum Gasteiger partial charge on any atom is -0.0991 e. The zero-order valence-corrected chi connectivity index (χ0v) is 32.3. The Morgan fingerprint density at radius 2 is 0.476 bits per heavy atom. The highest BCUT2D eigenvalue weighted by atomic mass is 31.2. The highest BCUT2D eigenvalue weighted by molar-refractivity contribution is 7.75. The molecule has 0 bridgehead atoms. The molecule has 0 nitrogen and oxygen atoms in total. The first-order valence-electron chi connectivity index (χ1n) is 20.2. The van der Waals surface area contributed by atoms with Crippen LogP contribution in [0, 0.1) is 0 Å². The second kappa shape index (κ2) is 36.3. The summed E-state index contributed by atoms with van der Waals surface area (Å²) in [4.78, 5) is 0. The molecular weight excluding hydrogens is 542 g/mol. The Morgan fingerprint density at radius 1 is 0.262 bits per heavy atom. The van der Waals surface area contributed by atoms with E-state index in [4.69, 9.17) is 0 Å². The smallest absolute Gasteiger partial charge is 0.000583 e. The van der Waals surface area contributed by atoms with Crippen LogP contribution in [0.1, 0.15) is 227 Å².